The van der Waals surface area contributed by atoms with Crippen LogP contribution in [0.3, 0.4) is 0 Å². The smallest absolute Gasteiger partial charge is 0.274 e. The van der Waals surface area contributed by atoms with Crippen molar-refractivity contribution in [2.45, 2.75) is 6.92 Å². The van der Waals surface area contributed by atoms with Gasteiger partial charge in [-0.15, -0.1) is 0 Å². The average molecular weight is 389 g/mol. The predicted molar refractivity (Wildman–Crippen MR) is 114 cm³/mol. The molecule has 1 fully saturated rings. The van der Waals surface area contributed by atoms with Gasteiger partial charge < -0.3 is 20.3 Å². The molecule has 0 spiro atoms. The summed E-state index contributed by atoms with van der Waals surface area (Å²) in [4.78, 5) is 23.6. The molecular weight excluding hydrogens is 366 g/mol. The van der Waals surface area contributed by atoms with E-state index in [0.29, 0.717) is 24.9 Å². The summed E-state index contributed by atoms with van der Waals surface area (Å²) in [7, 11) is 0. The monoisotopic (exact) mass is 389 g/mol. The second-order valence-corrected chi connectivity index (χ2v) is 6.78. The van der Waals surface area contributed by atoms with Crippen molar-refractivity contribution in [1.29, 1.82) is 0 Å². The molecule has 0 unspecified atom stereocenters. The Labute approximate surface area is 169 Å². The number of nitrogens with one attached hydrogen (secondary N) is 2. The van der Waals surface area contributed by atoms with E-state index in [-0.39, 0.29) is 5.91 Å². The Morgan fingerprint density at radius 3 is 2.52 bits per heavy atom. The number of rotatable bonds is 5. The van der Waals surface area contributed by atoms with Crippen LogP contribution >= 0.6 is 0 Å². The molecule has 148 valence electrons. The minimum atomic E-state index is -0.272. The number of aromatic nitrogens is 2. The van der Waals surface area contributed by atoms with Gasteiger partial charge >= 0.3 is 0 Å². The number of benzene rings is 2. The number of hydrogen-bond acceptors (Lipinski definition) is 6. The van der Waals surface area contributed by atoms with Gasteiger partial charge in [-0.3, -0.25) is 4.79 Å². The zero-order chi connectivity index (χ0) is 20.1. The van der Waals surface area contributed by atoms with Crippen LogP contribution in [-0.2, 0) is 4.74 Å². The summed E-state index contributed by atoms with van der Waals surface area (Å²) in [5.74, 6) is 0.106. The number of anilines is 4. The lowest BCUT2D eigenvalue weighted by Crippen LogP contribution is -2.36. The SMILES string of the molecule is Cc1ccccc1NC(=O)c1ccnc(Nc2ccccc2N2CCOCC2)n1. The lowest BCUT2D eigenvalue weighted by molar-refractivity contribution is 0.102. The highest BCUT2D eigenvalue weighted by atomic mass is 16.5. The van der Waals surface area contributed by atoms with Gasteiger partial charge in [-0.1, -0.05) is 30.3 Å². The number of morpholine rings is 1. The molecule has 1 amide bonds. The van der Waals surface area contributed by atoms with Gasteiger partial charge in [0.15, 0.2) is 0 Å². The van der Waals surface area contributed by atoms with E-state index in [4.69, 9.17) is 4.74 Å². The van der Waals surface area contributed by atoms with Gasteiger partial charge in [-0.25, -0.2) is 9.97 Å². The van der Waals surface area contributed by atoms with Crippen molar-refractivity contribution in [1.82, 2.24) is 9.97 Å². The summed E-state index contributed by atoms with van der Waals surface area (Å²) in [6.07, 6.45) is 1.58. The van der Waals surface area contributed by atoms with Crippen molar-refractivity contribution < 1.29 is 9.53 Å². The van der Waals surface area contributed by atoms with Crippen LogP contribution < -0.4 is 15.5 Å². The zero-order valence-electron chi connectivity index (χ0n) is 16.3. The largest absolute Gasteiger partial charge is 0.378 e. The number of carbonyl (C=O) groups is 1. The molecule has 2 aromatic carbocycles. The van der Waals surface area contributed by atoms with Crippen LogP contribution in [0.1, 0.15) is 16.1 Å². The van der Waals surface area contributed by atoms with Crippen LogP contribution in [0.2, 0.25) is 0 Å². The van der Waals surface area contributed by atoms with E-state index in [1.807, 2.05) is 49.4 Å². The van der Waals surface area contributed by atoms with Crippen molar-refractivity contribution >= 4 is 28.9 Å². The maximum absolute atomic E-state index is 12.6. The summed E-state index contributed by atoms with van der Waals surface area (Å²) in [5.41, 5.74) is 4.02. The Kier molecular flexibility index (Phi) is 5.67. The molecule has 0 atom stereocenters. The molecule has 4 rings (SSSR count). The van der Waals surface area contributed by atoms with Crippen molar-refractivity contribution in [2.24, 2.45) is 0 Å². The Balaban J connectivity index is 1.53. The number of hydrogen-bond donors (Lipinski definition) is 2. The molecule has 7 nitrogen and oxygen atoms in total. The molecule has 7 heteroatoms. The van der Waals surface area contributed by atoms with Crippen molar-refractivity contribution in [3.63, 3.8) is 0 Å². The first-order valence-electron chi connectivity index (χ1n) is 9.59. The third kappa shape index (κ3) is 4.52. The Hall–Kier alpha value is -3.45. The molecule has 1 saturated heterocycles. The standard InChI is InChI=1S/C22H23N5O2/c1-16-6-2-3-7-17(16)24-21(28)19-10-11-23-22(26-19)25-18-8-4-5-9-20(18)27-12-14-29-15-13-27/h2-11H,12-15H2,1H3,(H,24,28)(H,23,25,26). The van der Waals surface area contributed by atoms with Crippen LogP contribution in [0, 0.1) is 6.92 Å². The molecule has 1 aliphatic rings. The highest BCUT2D eigenvalue weighted by Crippen LogP contribution is 2.28. The third-order valence-electron chi connectivity index (χ3n) is 4.78. The molecule has 0 aliphatic carbocycles. The molecule has 0 bridgehead atoms. The number of ether oxygens (including phenoxy) is 1. The first-order chi connectivity index (χ1) is 14.2. The summed E-state index contributed by atoms with van der Waals surface area (Å²) < 4.78 is 5.45. The average Bonchev–Trinajstić information content (AvgIpc) is 2.76. The van der Waals surface area contributed by atoms with Crippen LogP contribution in [0.4, 0.5) is 23.0 Å². The van der Waals surface area contributed by atoms with Crippen molar-refractivity contribution in [3.8, 4) is 0 Å². The molecule has 2 N–H and O–H groups in total. The second-order valence-electron chi connectivity index (χ2n) is 6.78. The fourth-order valence-electron chi connectivity index (χ4n) is 3.22. The van der Waals surface area contributed by atoms with Gasteiger partial charge in [0.1, 0.15) is 5.69 Å². The van der Waals surface area contributed by atoms with E-state index in [9.17, 15) is 4.79 Å². The van der Waals surface area contributed by atoms with E-state index in [1.165, 1.54) is 0 Å². The van der Waals surface area contributed by atoms with Gasteiger partial charge in [-0.2, -0.15) is 0 Å². The Morgan fingerprint density at radius 1 is 1.00 bits per heavy atom. The molecule has 0 saturated carbocycles. The molecular formula is C22H23N5O2. The lowest BCUT2D eigenvalue weighted by atomic mass is 10.2. The predicted octanol–water partition coefficient (Wildman–Crippen LogP) is 3.62. The highest BCUT2D eigenvalue weighted by Gasteiger charge is 2.16. The Morgan fingerprint density at radius 2 is 1.72 bits per heavy atom. The lowest BCUT2D eigenvalue weighted by Gasteiger charge is -2.30. The summed E-state index contributed by atoms with van der Waals surface area (Å²) in [6.45, 7) is 5.03. The topological polar surface area (TPSA) is 79.4 Å². The van der Waals surface area contributed by atoms with Gasteiger partial charge in [0.05, 0.1) is 24.6 Å². The normalized spacial score (nSPS) is 13.8. The molecule has 0 radical (unpaired) electrons. The van der Waals surface area contributed by atoms with Gasteiger partial charge in [0.25, 0.3) is 5.91 Å². The van der Waals surface area contributed by atoms with Crippen LogP contribution in [0.15, 0.2) is 60.8 Å². The maximum Gasteiger partial charge on any atom is 0.274 e. The molecule has 1 aromatic heterocycles. The number of amides is 1. The second kappa shape index (κ2) is 8.70. The Bertz CT molecular complexity index is 1000. The van der Waals surface area contributed by atoms with Crippen LogP contribution in [0.25, 0.3) is 0 Å². The first kappa shape index (κ1) is 18.9. The van der Waals surface area contributed by atoms with Crippen molar-refractivity contribution in [2.75, 3.05) is 41.8 Å². The van der Waals surface area contributed by atoms with E-state index in [2.05, 4.69) is 31.6 Å². The third-order valence-corrected chi connectivity index (χ3v) is 4.78. The molecule has 2 heterocycles. The van der Waals surface area contributed by atoms with E-state index in [1.54, 1.807) is 12.3 Å². The van der Waals surface area contributed by atoms with Gasteiger partial charge in [-0.05, 0) is 36.8 Å². The number of carbonyl (C=O) groups excluding carboxylic acids is 1. The van der Waals surface area contributed by atoms with Crippen molar-refractivity contribution in [3.05, 3.63) is 72.1 Å². The fourth-order valence-corrected chi connectivity index (χ4v) is 3.22. The number of nitrogens with zero attached hydrogens (tertiary/aromatic N) is 3. The molecule has 3 aromatic rings. The molecule has 29 heavy (non-hydrogen) atoms. The van der Waals surface area contributed by atoms with E-state index in [0.717, 1.165) is 35.7 Å². The van der Waals surface area contributed by atoms with Gasteiger partial charge in [0, 0.05) is 25.0 Å². The minimum absolute atomic E-state index is 0.272. The summed E-state index contributed by atoms with van der Waals surface area (Å²) in [6, 6.07) is 17.2. The fraction of sp³-hybridized carbons (Fsp3) is 0.227. The van der Waals surface area contributed by atoms with Gasteiger partial charge in [0.2, 0.25) is 5.95 Å². The summed E-state index contributed by atoms with van der Waals surface area (Å²) in [5, 5.41) is 6.16. The van der Waals surface area contributed by atoms with E-state index >= 15 is 0 Å². The minimum Gasteiger partial charge on any atom is -0.378 e. The maximum atomic E-state index is 12.6. The first-order valence-corrected chi connectivity index (χ1v) is 9.59. The number of aryl methyl sites for hydroxylation is 1. The van der Waals surface area contributed by atoms with Crippen LogP contribution in [-0.4, -0.2) is 42.2 Å². The zero-order valence-corrected chi connectivity index (χ0v) is 16.3. The number of para-hydroxylation sites is 3. The molecule has 1 aliphatic heterocycles. The van der Waals surface area contributed by atoms with E-state index < -0.39 is 0 Å². The summed E-state index contributed by atoms with van der Waals surface area (Å²) >= 11 is 0. The van der Waals surface area contributed by atoms with Crippen LogP contribution in [0.5, 0.6) is 0 Å². The quantitative estimate of drug-likeness (QED) is 0.694. The highest BCUT2D eigenvalue weighted by molar-refractivity contribution is 6.03.